The third-order valence-electron chi connectivity index (χ3n) is 1.18. The van der Waals surface area contributed by atoms with Gasteiger partial charge in [0.2, 0.25) is 0 Å². The van der Waals surface area contributed by atoms with E-state index in [-0.39, 0.29) is 11.6 Å². The number of oxazole rings is 1. The number of alkyl halides is 2. The zero-order chi connectivity index (χ0) is 8.43. The van der Waals surface area contributed by atoms with Crippen LogP contribution in [0, 0.1) is 6.92 Å². The maximum atomic E-state index is 11.8. The van der Waals surface area contributed by atoms with Crippen LogP contribution in [0.5, 0.6) is 0 Å². The highest BCUT2D eigenvalue weighted by Gasteiger charge is 2.21. The van der Waals surface area contributed by atoms with Crippen molar-refractivity contribution < 1.29 is 18.3 Å². The summed E-state index contributed by atoms with van der Waals surface area (Å²) in [7, 11) is 0. The number of nitrogens with zero attached hydrogens (tertiary/aromatic N) is 1. The van der Waals surface area contributed by atoms with Gasteiger partial charge in [0.25, 0.3) is 6.43 Å². The zero-order valence-corrected chi connectivity index (χ0v) is 5.79. The molecule has 3 nitrogen and oxygen atoms in total. The molecule has 5 heteroatoms. The molecule has 1 N–H and O–H groups in total. The Kier molecular flexibility index (Phi) is 2.19. The van der Waals surface area contributed by atoms with Crippen molar-refractivity contribution in [1.82, 2.24) is 4.98 Å². The Morgan fingerprint density at radius 3 is 2.64 bits per heavy atom. The van der Waals surface area contributed by atoms with Crippen molar-refractivity contribution in [2.24, 2.45) is 0 Å². The first-order chi connectivity index (χ1) is 5.11. The quantitative estimate of drug-likeness (QED) is 0.714. The highest BCUT2D eigenvalue weighted by Crippen LogP contribution is 2.18. The van der Waals surface area contributed by atoms with E-state index in [2.05, 4.69) is 9.40 Å². The van der Waals surface area contributed by atoms with Crippen LogP contribution in [0.3, 0.4) is 0 Å². The Labute approximate surface area is 61.7 Å². The predicted molar refractivity (Wildman–Crippen MR) is 32.2 cm³/mol. The topological polar surface area (TPSA) is 46.3 Å². The van der Waals surface area contributed by atoms with Crippen LogP contribution < -0.4 is 0 Å². The van der Waals surface area contributed by atoms with E-state index < -0.39 is 12.5 Å². The molecule has 0 spiro atoms. The minimum Gasteiger partial charge on any atom is -0.449 e. The first-order valence-corrected chi connectivity index (χ1v) is 2.99. The molecule has 0 aromatic carbocycles. The van der Waals surface area contributed by atoms with Gasteiger partial charge in [-0.25, -0.2) is 13.8 Å². The molecule has 0 amide bonds. The summed E-state index contributed by atoms with van der Waals surface area (Å²) in [6.07, 6.45) is -3.64. The lowest BCUT2D eigenvalue weighted by molar-refractivity contribution is -0.00826. The molecule has 1 rings (SSSR count). The Bertz CT molecular complexity index is 236. The Hall–Kier alpha value is -0.970. The minimum atomic E-state index is -2.82. The molecule has 0 bridgehead atoms. The lowest BCUT2D eigenvalue weighted by Gasteiger charge is -2.02. The van der Waals surface area contributed by atoms with Crippen LogP contribution in [-0.4, -0.2) is 16.5 Å². The fourth-order valence-corrected chi connectivity index (χ4v) is 0.645. The first kappa shape index (κ1) is 8.13. The number of hydrogen-bond acceptors (Lipinski definition) is 3. The van der Waals surface area contributed by atoms with E-state index in [1.807, 2.05) is 0 Å². The second kappa shape index (κ2) is 2.96. The van der Waals surface area contributed by atoms with E-state index >= 15 is 0 Å². The second-order valence-corrected chi connectivity index (χ2v) is 2.07. The van der Waals surface area contributed by atoms with Crippen molar-refractivity contribution in [3.05, 3.63) is 17.8 Å². The predicted octanol–water partition coefficient (Wildman–Crippen LogP) is 1.28. The molecular weight excluding hydrogens is 156 g/mol. The standard InChI is InChI=1S/C6H7F2NO2/c1-3-9-4(2-11-3)5(10)6(7)8/h2,5-6,10H,1H3. The molecular formula is C6H7F2NO2. The van der Waals surface area contributed by atoms with E-state index in [9.17, 15) is 8.78 Å². The average molecular weight is 163 g/mol. The van der Waals surface area contributed by atoms with Crippen molar-refractivity contribution in [3.63, 3.8) is 0 Å². The number of halogens is 2. The zero-order valence-electron chi connectivity index (χ0n) is 5.79. The average Bonchev–Trinajstić information content (AvgIpc) is 2.34. The van der Waals surface area contributed by atoms with Crippen molar-refractivity contribution in [2.75, 3.05) is 0 Å². The summed E-state index contributed by atoms with van der Waals surface area (Å²) in [5.74, 6) is 0.264. The van der Waals surface area contributed by atoms with Gasteiger partial charge in [-0.1, -0.05) is 0 Å². The summed E-state index contributed by atoms with van der Waals surface area (Å²) >= 11 is 0. The van der Waals surface area contributed by atoms with Crippen molar-refractivity contribution in [2.45, 2.75) is 19.5 Å². The van der Waals surface area contributed by atoms with Gasteiger partial charge in [0.05, 0.1) is 0 Å². The molecule has 1 heterocycles. The fraction of sp³-hybridized carbons (Fsp3) is 0.500. The number of aliphatic hydroxyl groups is 1. The van der Waals surface area contributed by atoms with Gasteiger partial charge < -0.3 is 9.52 Å². The SMILES string of the molecule is Cc1nc(C(O)C(F)F)co1. The number of rotatable bonds is 2. The normalized spacial score (nSPS) is 13.9. The lowest BCUT2D eigenvalue weighted by Crippen LogP contribution is -2.08. The number of aromatic nitrogens is 1. The highest BCUT2D eigenvalue weighted by molar-refractivity contribution is 5.00. The maximum Gasteiger partial charge on any atom is 0.269 e. The van der Waals surface area contributed by atoms with Gasteiger partial charge in [-0.05, 0) is 0 Å². The van der Waals surface area contributed by atoms with Gasteiger partial charge in [-0.2, -0.15) is 0 Å². The first-order valence-electron chi connectivity index (χ1n) is 2.99. The molecule has 1 aromatic rings. The molecule has 11 heavy (non-hydrogen) atoms. The summed E-state index contributed by atoms with van der Waals surface area (Å²) in [4.78, 5) is 3.54. The van der Waals surface area contributed by atoms with Crippen LogP contribution in [-0.2, 0) is 0 Å². The van der Waals surface area contributed by atoms with Crippen LogP contribution in [0.4, 0.5) is 8.78 Å². The van der Waals surface area contributed by atoms with Gasteiger partial charge in [0.15, 0.2) is 12.0 Å². The molecule has 0 saturated carbocycles. The summed E-state index contributed by atoms with van der Waals surface area (Å²) in [6.45, 7) is 1.52. The molecule has 1 aromatic heterocycles. The number of aryl methyl sites for hydroxylation is 1. The second-order valence-electron chi connectivity index (χ2n) is 2.07. The van der Waals surface area contributed by atoms with E-state index in [0.717, 1.165) is 6.26 Å². The van der Waals surface area contributed by atoms with Gasteiger partial charge in [0, 0.05) is 6.92 Å². The summed E-state index contributed by atoms with van der Waals surface area (Å²) < 4.78 is 28.2. The lowest BCUT2D eigenvalue weighted by atomic mass is 10.3. The molecule has 0 radical (unpaired) electrons. The third-order valence-corrected chi connectivity index (χ3v) is 1.18. The fourth-order valence-electron chi connectivity index (χ4n) is 0.645. The number of aliphatic hydroxyl groups excluding tert-OH is 1. The third kappa shape index (κ3) is 1.74. The largest absolute Gasteiger partial charge is 0.449 e. The smallest absolute Gasteiger partial charge is 0.269 e. The monoisotopic (exact) mass is 163 g/mol. The van der Waals surface area contributed by atoms with Crippen LogP contribution in [0.25, 0.3) is 0 Å². The Morgan fingerprint density at radius 2 is 2.27 bits per heavy atom. The van der Waals surface area contributed by atoms with E-state index in [1.165, 1.54) is 6.92 Å². The molecule has 62 valence electrons. The van der Waals surface area contributed by atoms with Gasteiger partial charge >= 0.3 is 0 Å². The molecule has 0 fully saturated rings. The molecule has 1 atom stereocenters. The Morgan fingerprint density at radius 1 is 1.64 bits per heavy atom. The highest BCUT2D eigenvalue weighted by atomic mass is 19.3. The van der Waals surface area contributed by atoms with Crippen LogP contribution in [0.1, 0.15) is 17.7 Å². The van der Waals surface area contributed by atoms with Gasteiger partial charge in [-0.3, -0.25) is 0 Å². The Balaban J connectivity index is 2.76. The van der Waals surface area contributed by atoms with E-state index in [1.54, 1.807) is 0 Å². The van der Waals surface area contributed by atoms with Crippen LogP contribution >= 0.6 is 0 Å². The molecule has 1 unspecified atom stereocenters. The molecule has 0 aliphatic heterocycles. The summed E-state index contributed by atoms with van der Waals surface area (Å²) in [5, 5.41) is 8.74. The van der Waals surface area contributed by atoms with Crippen molar-refractivity contribution in [3.8, 4) is 0 Å². The van der Waals surface area contributed by atoms with E-state index in [4.69, 9.17) is 5.11 Å². The molecule has 0 aliphatic carbocycles. The van der Waals surface area contributed by atoms with Gasteiger partial charge in [-0.15, -0.1) is 0 Å². The van der Waals surface area contributed by atoms with Crippen LogP contribution in [0.2, 0.25) is 0 Å². The van der Waals surface area contributed by atoms with Crippen molar-refractivity contribution >= 4 is 0 Å². The van der Waals surface area contributed by atoms with Crippen molar-refractivity contribution in [1.29, 1.82) is 0 Å². The van der Waals surface area contributed by atoms with Gasteiger partial charge in [0.1, 0.15) is 12.0 Å². The van der Waals surface area contributed by atoms with E-state index in [0.29, 0.717) is 0 Å². The summed E-state index contributed by atoms with van der Waals surface area (Å²) in [5.41, 5.74) is -0.127. The molecule has 0 saturated heterocycles. The molecule has 0 aliphatic rings. The minimum absolute atomic E-state index is 0.127. The summed E-state index contributed by atoms with van der Waals surface area (Å²) in [6, 6.07) is 0. The maximum absolute atomic E-state index is 11.8. The number of hydrogen-bond donors (Lipinski definition) is 1. The van der Waals surface area contributed by atoms with Crippen LogP contribution in [0.15, 0.2) is 10.7 Å².